The molecule has 0 spiro atoms. The van der Waals surface area contributed by atoms with Gasteiger partial charge in [0, 0.05) is 31.4 Å². The number of para-hydroxylation sites is 1. The van der Waals surface area contributed by atoms with Gasteiger partial charge in [-0.15, -0.1) is 11.3 Å². The number of halogens is 2. The molecular weight excluding hydrogens is 560 g/mol. The van der Waals surface area contributed by atoms with E-state index in [1.54, 1.807) is 18.2 Å². The van der Waals surface area contributed by atoms with Gasteiger partial charge in [-0.3, -0.25) is 4.79 Å². The summed E-state index contributed by atoms with van der Waals surface area (Å²) in [4.78, 5) is 31.1. The number of fused-ring (bicyclic) bond motifs is 1. The van der Waals surface area contributed by atoms with E-state index in [4.69, 9.17) is 21.3 Å². The monoisotopic (exact) mass is 576 g/mol. The van der Waals surface area contributed by atoms with Crippen LogP contribution in [0.15, 0.2) is 88.7 Å². The van der Waals surface area contributed by atoms with E-state index in [-0.39, 0.29) is 5.91 Å². The van der Waals surface area contributed by atoms with E-state index in [0.717, 1.165) is 15.6 Å². The van der Waals surface area contributed by atoms with Gasteiger partial charge in [0.05, 0.1) is 23.9 Å². The van der Waals surface area contributed by atoms with Crippen LogP contribution >= 0.6 is 38.9 Å². The van der Waals surface area contributed by atoms with Gasteiger partial charge >= 0.3 is 5.97 Å². The summed E-state index contributed by atoms with van der Waals surface area (Å²) in [5.74, 6) is -0.884. The standard InChI is InChI=1S/C28H18BrClN2O3S/c1-35-28(34)25-22(16-9-11-19(30)12-10-16)15-36-27(25)32-26(33)21-14-24(17-5-4-6-18(29)13-17)31-23-8-3-2-7-20(21)23/h2-15H,1H3,(H,32,33). The van der Waals surface area contributed by atoms with Gasteiger partial charge in [-0.05, 0) is 42.0 Å². The molecule has 5 rings (SSSR count). The average Bonchev–Trinajstić information content (AvgIpc) is 3.31. The Bertz CT molecular complexity index is 1620. The summed E-state index contributed by atoms with van der Waals surface area (Å²) in [6.45, 7) is 0. The van der Waals surface area contributed by atoms with Crippen LogP contribution in [0, 0.1) is 0 Å². The summed E-state index contributed by atoms with van der Waals surface area (Å²) in [5.41, 5.74) is 4.44. The van der Waals surface area contributed by atoms with Crippen molar-refractivity contribution < 1.29 is 14.3 Å². The van der Waals surface area contributed by atoms with Crippen LogP contribution in [0.2, 0.25) is 5.02 Å². The third-order valence-electron chi connectivity index (χ3n) is 5.64. The second-order valence-corrected chi connectivity index (χ2v) is 10.1. The van der Waals surface area contributed by atoms with Gasteiger partial charge in [0.25, 0.3) is 5.91 Å². The highest BCUT2D eigenvalue weighted by Gasteiger charge is 2.24. The minimum Gasteiger partial charge on any atom is -0.465 e. The van der Waals surface area contributed by atoms with Crippen molar-refractivity contribution in [1.29, 1.82) is 0 Å². The van der Waals surface area contributed by atoms with Crippen LogP contribution in [0.3, 0.4) is 0 Å². The van der Waals surface area contributed by atoms with E-state index < -0.39 is 5.97 Å². The average molecular weight is 578 g/mol. The van der Waals surface area contributed by atoms with E-state index in [1.807, 2.05) is 66.0 Å². The zero-order chi connectivity index (χ0) is 25.2. The number of nitrogens with zero attached hydrogens (tertiary/aromatic N) is 1. The number of amides is 1. The van der Waals surface area contributed by atoms with Crippen LogP contribution in [-0.4, -0.2) is 24.0 Å². The highest BCUT2D eigenvalue weighted by Crippen LogP contribution is 2.37. The number of esters is 1. The van der Waals surface area contributed by atoms with Crippen LogP contribution in [-0.2, 0) is 4.74 Å². The molecule has 0 aliphatic rings. The minimum absolute atomic E-state index is 0.295. The van der Waals surface area contributed by atoms with Crippen molar-refractivity contribution in [3.05, 3.63) is 105 Å². The zero-order valence-electron chi connectivity index (χ0n) is 18.9. The van der Waals surface area contributed by atoms with E-state index in [1.165, 1.54) is 18.4 Å². The van der Waals surface area contributed by atoms with Crippen LogP contribution in [0.5, 0.6) is 0 Å². The van der Waals surface area contributed by atoms with Gasteiger partial charge in [-0.1, -0.05) is 70.0 Å². The zero-order valence-corrected chi connectivity index (χ0v) is 22.1. The summed E-state index contributed by atoms with van der Waals surface area (Å²) in [5, 5.41) is 6.47. The number of thiophene rings is 1. The van der Waals surface area contributed by atoms with Gasteiger partial charge in [-0.2, -0.15) is 0 Å². The van der Waals surface area contributed by atoms with Gasteiger partial charge in [0.2, 0.25) is 0 Å². The molecule has 36 heavy (non-hydrogen) atoms. The van der Waals surface area contributed by atoms with E-state index >= 15 is 0 Å². The first-order valence-corrected chi connectivity index (χ1v) is 12.9. The number of carbonyl (C=O) groups excluding carboxylic acids is 2. The summed E-state index contributed by atoms with van der Waals surface area (Å²) in [6.07, 6.45) is 0. The number of nitrogens with one attached hydrogen (secondary N) is 1. The molecule has 0 unspecified atom stereocenters. The molecule has 2 aromatic heterocycles. The summed E-state index contributed by atoms with van der Waals surface area (Å²) < 4.78 is 5.96. The minimum atomic E-state index is -0.536. The number of hydrogen-bond acceptors (Lipinski definition) is 5. The summed E-state index contributed by atoms with van der Waals surface area (Å²) in [6, 6.07) is 24.1. The first kappa shape index (κ1) is 24.2. The predicted molar refractivity (Wildman–Crippen MR) is 149 cm³/mol. The number of rotatable bonds is 5. The molecule has 0 atom stereocenters. The smallest absolute Gasteiger partial charge is 0.341 e. The first-order chi connectivity index (χ1) is 17.4. The van der Waals surface area contributed by atoms with Crippen LogP contribution in [0.4, 0.5) is 5.00 Å². The number of benzene rings is 3. The number of anilines is 1. The lowest BCUT2D eigenvalue weighted by atomic mass is 10.0. The van der Waals surface area contributed by atoms with Gasteiger partial charge < -0.3 is 10.1 Å². The Morgan fingerprint density at radius 1 is 0.972 bits per heavy atom. The van der Waals surface area contributed by atoms with Crippen molar-refractivity contribution in [2.45, 2.75) is 0 Å². The third kappa shape index (κ3) is 4.78. The molecule has 178 valence electrons. The first-order valence-electron chi connectivity index (χ1n) is 10.9. The maximum Gasteiger partial charge on any atom is 0.341 e. The van der Waals surface area contributed by atoms with Crippen LogP contribution in [0.25, 0.3) is 33.3 Å². The van der Waals surface area contributed by atoms with Gasteiger partial charge in [0.1, 0.15) is 10.6 Å². The van der Waals surface area contributed by atoms with Crippen molar-refractivity contribution in [1.82, 2.24) is 4.98 Å². The van der Waals surface area contributed by atoms with Crippen molar-refractivity contribution in [3.63, 3.8) is 0 Å². The molecule has 3 aromatic carbocycles. The number of aromatic nitrogens is 1. The van der Waals surface area contributed by atoms with E-state index in [0.29, 0.717) is 43.3 Å². The second-order valence-electron chi connectivity index (χ2n) is 7.89. The highest BCUT2D eigenvalue weighted by molar-refractivity contribution is 9.10. The maximum absolute atomic E-state index is 13.6. The largest absolute Gasteiger partial charge is 0.465 e. The lowest BCUT2D eigenvalue weighted by molar-refractivity contribution is 0.0603. The molecular formula is C28H18BrClN2O3S. The lowest BCUT2D eigenvalue weighted by Gasteiger charge is -2.11. The van der Waals surface area contributed by atoms with Gasteiger partial charge in [-0.25, -0.2) is 9.78 Å². The Labute approximate surface area is 224 Å². The maximum atomic E-state index is 13.6. The molecule has 0 saturated heterocycles. The fourth-order valence-electron chi connectivity index (χ4n) is 3.93. The molecule has 5 aromatic rings. The second kappa shape index (κ2) is 10.2. The number of pyridine rings is 1. The Morgan fingerprint density at radius 2 is 1.75 bits per heavy atom. The molecule has 0 radical (unpaired) electrons. The van der Waals surface area contributed by atoms with E-state index in [9.17, 15) is 9.59 Å². The topological polar surface area (TPSA) is 68.3 Å². The predicted octanol–water partition coefficient (Wildman–Crippen LogP) is 8.09. The Morgan fingerprint density at radius 3 is 2.50 bits per heavy atom. The quantitative estimate of drug-likeness (QED) is 0.214. The molecule has 0 bridgehead atoms. The SMILES string of the molecule is COC(=O)c1c(-c2ccc(Cl)cc2)csc1NC(=O)c1cc(-c2cccc(Br)c2)nc2ccccc12. The van der Waals surface area contributed by atoms with Crippen molar-refractivity contribution in [3.8, 4) is 22.4 Å². The fourth-order valence-corrected chi connectivity index (χ4v) is 5.40. The van der Waals surface area contributed by atoms with Crippen LogP contribution in [0.1, 0.15) is 20.7 Å². The van der Waals surface area contributed by atoms with Gasteiger partial charge in [0.15, 0.2) is 0 Å². The van der Waals surface area contributed by atoms with Crippen LogP contribution < -0.4 is 5.32 Å². The van der Waals surface area contributed by atoms with Crippen molar-refractivity contribution >= 4 is 66.6 Å². The molecule has 0 aliphatic heterocycles. The number of carbonyl (C=O) groups is 2. The molecule has 5 nitrogen and oxygen atoms in total. The number of hydrogen-bond donors (Lipinski definition) is 1. The summed E-state index contributed by atoms with van der Waals surface area (Å²) in [7, 11) is 1.32. The molecule has 8 heteroatoms. The molecule has 1 amide bonds. The van der Waals surface area contributed by atoms with E-state index in [2.05, 4.69) is 21.2 Å². The van der Waals surface area contributed by atoms with Crippen molar-refractivity contribution in [2.24, 2.45) is 0 Å². The third-order valence-corrected chi connectivity index (χ3v) is 7.28. The Hall–Kier alpha value is -3.52. The van der Waals surface area contributed by atoms with Crippen molar-refractivity contribution in [2.75, 3.05) is 12.4 Å². The Balaban J connectivity index is 1.58. The highest BCUT2D eigenvalue weighted by atomic mass is 79.9. The number of methoxy groups -OCH3 is 1. The lowest BCUT2D eigenvalue weighted by Crippen LogP contribution is -2.15. The molecule has 0 fully saturated rings. The molecule has 1 N–H and O–H groups in total. The molecule has 0 aliphatic carbocycles. The summed E-state index contributed by atoms with van der Waals surface area (Å²) >= 11 is 10.8. The fraction of sp³-hybridized carbons (Fsp3) is 0.0357. The number of ether oxygens (including phenoxy) is 1. The Kier molecular flexibility index (Phi) is 6.87. The molecule has 0 saturated carbocycles. The normalized spacial score (nSPS) is 10.9. The molecule has 2 heterocycles.